The van der Waals surface area contributed by atoms with Gasteiger partial charge in [0.1, 0.15) is 23.8 Å². The smallest absolute Gasteiger partial charge is 0.272 e. The normalized spacial score (nSPS) is 10.9. The summed E-state index contributed by atoms with van der Waals surface area (Å²) < 4.78 is 14.7. The lowest BCUT2D eigenvalue weighted by Gasteiger charge is -2.13. The van der Waals surface area contributed by atoms with E-state index in [1.54, 1.807) is 11.3 Å². The van der Waals surface area contributed by atoms with Gasteiger partial charge >= 0.3 is 0 Å². The van der Waals surface area contributed by atoms with E-state index in [2.05, 4.69) is 10.6 Å². The summed E-state index contributed by atoms with van der Waals surface area (Å²) in [5.74, 6) is 1.43. The van der Waals surface area contributed by atoms with Gasteiger partial charge < -0.3 is 24.7 Å². The highest BCUT2D eigenvalue weighted by Gasteiger charge is 2.15. The summed E-state index contributed by atoms with van der Waals surface area (Å²) in [5, 5.41) is 8.17. The number of para-hydroxylation sites is 1. The Hall–Kier alpha value is -3.29. The number of ether oxygens (including phenoxy) is 2. The molecule has 0 unspecified atom stereocenters. The number of thiophene rings is 1. The topological polar surface area (TPSA) is 64.5 Å². The highest BCUT2D eigenvalue weighted by atomic mass is 32.1. The Kier molecular flexibility index (Phi) is 7.09. The van der Waals surface area contributed by atoms with E-state index in [1.807, 2.05) is 84.7 Å². The molecular weight excluding hydrogens is 422 g/mol. The number of nitrogens with one attached hydrogen (secondary N) is 2. The minimum atomic E-state index is -0.136. The predicted octanol–water partition coefficient (Wildman–Crippen LogP) is 5.06. The highest BCUT2D eigenvalue weighted by molar-refractivity contribution is 7.17. The van der Waals surface area contributed by atoms with Gasteiger partial charge in [-0.2, -0.15) is 0 Å². The summed E-state index contributed by atoms with van der Waals surface area (Å²) in [6.45, 7) is 1.95. The molecule has 4 aromatic rings. The van der Waals surface area contributed by atoms with Crippen LogP contribution in [0.3, 0.4) is 0 Å². The first-order valence-corrected chi connectivity index (χ1v) is 11.5. The molecule has 0 aliphatic rings. The number of hydrogen-bond donors (Lipinski definition) is 2. The van der Waals surface area contributed by atoms with E-state index in [4.69, 9.17) is 9.47 Å². The molecule has 0 aliphatic heterocycles. The van der Waals surface area contributed by atoms with Gasteiger partial charge in [0.2, 0.25) is 0 Å². The van der Waals surface area contributed by atoms with Crippen LogP contribution in [0.15, 0.2) is 66.0 Å². The van der Waals surface area contributed by atoms with Gasteiger partial charge in [-0.1, -0.05) is 18.2 Å². The molecule has 0 atom stereocenters. The van der Waals surface area contributed by atoms with E-state index in [0.717, 1.165) is 45.9 Å². The summed E-state index contributed by atoms with van der Waals surface area (Å²) in [4.78, 5) is 12.9. The van der Waals surface area contributed by atoms with Crippen molar-refractivity contribution in [2.24, 2.45) is 7.05 Å². The first-order chi connectivity index (χ1) is 15.7. The average molecular weight is 450 g/mol. The van der Waals surface area contributed by atoms with Gasteiger partial charge in [0.25, 0.3) is 5.91 Å². The molecule has 0 saturated carbocycles. The standard InChI is InChI=1S/C25H27N3O3S/c1-26-13-5-14-30-19-8-10-20(11-9-19)31-17-18-6-3-4-7-21(18)27-25(29)23-16-24-22(28(23)2)12-15-32-24/h3-4,6-12,15-16,26H,5,13-14,17H2,1-2H3,(H,27,29). The van der Waals surface area contributed by atoms with Crippen LogP contribution >= 0.6 is 11.3 Å². The third-order valence-corrected chi connectivity index (χ3v) is 6.07. The molecule has 6 nitrogen and oxygen atoms in total. The summed E-state index contributed by atoms with van der Waals surface area (Å²) in [7, 11) is 3.84. The molecule has 166 valence electrons. The number of carbonyl (C=O) groups is 1. The third kappa shape index (κ3) is 5.12. The van der Waals surface area contributed by atoms with Gasteiger partial charge in [0.05, 0.1) is 16.8 Å². The van der Waals surface area contributed by atoms with Crippen LogP contribution in [-0.2, 0) is 13.7 Å². The molecule has 7 heteroatoms. The zero-order valence-corrected chi connectivity index (χ0v) is 19.1. The van der Waals surface area contributed by atoms with Crippen LogP contribution in [0.5, 0.6) is 11.5 Å². The number of rotatable bonds is 10. The van der Waals surface area contributed by atoms with Crippen molar-refractivity contribution in [2.75, 3.05) is 25.5 Å². The van der Waals surface area contributed by atoms with E-state index in [0.29, 0.717) is 18.9 Å². The lowest BCUT2D eigenvalue weighted by Crippen LogP contribution is -2.17. The summed E-state index contributed by atoms with van der Waals surface area (Å²) in [5.41, 5.74) is 3.34. The second-order valence-corrected chi connectivity index (χ2v) is 8.38. The number of carbonyl (C=O) groups excluding carboxylic acids is 1. The molecule has 1 amide bonds. The van der Waals surface area contributed by atoms with Crippen LogP contribution in [0.2, 0.25) is 0 Å². The van der Waals surface area contributed by atoms with Crippen molar-refractivity contribution in [3.8, 4) is 11.5 Å². The van der Waals surface area contributed by atoms with Gasteiger partial charge in [-0.05, 0) is 67.9 Å². The molecule has 2 aromatic carbocycles. The number of nitrogens with zero attached hydrogens (tertiary/aromatic N) is 1. The van der Waals surface area contributed by atoms with Gasteiger partial charge in [-0.25, -0.2) is 0 Å². The van der Waals surface area contributed by atoms with Crippen LogP contribution in [-0.4, -0.2) is 30.7 Å². The van der Waals surface area contributed by atoms with Crippen LogP contribution in [0.25, 0.3) is 10.2 Å². The Morgan fingerprint density at radius 2 is 1.78 bits per heavy atom. The monoisotopic (exact) mass is 449 g/mol. The van der Waals surface area contributed by atoms with E-state index in [-0.39, 0.29) is 5.91 Å². The molecule has 2 aromatic heterocycles. The van der Waals surface area contributed by atoms with Crippen LogP contribution in [0.1, 0.15) is 22.5 Å². The molecule has 0 fully saturated rings. The van der Waals surface area contributed by atoms with Crippen molar-refractivity contribution in [1.82, 2.24) is 9.88 Å². The van der Waals surface area contributed by atoms with E-state index < -0.39 is 0 Å². The molecule has 2 N–H and O–H groups in total. The van der Waals surface area contributed by atoms with E-state index >= 15 is 0 Å². The number of amides is 1. The predicted molar refractivity (Wildman–Crippen MR) is 130 cm³/mol. The minimum Gasteiger partial charge on any atom is -0.494 e. The van der Waals surface area contributed by atoms with Gasteiger partial charge in [0.15, 0.2) is 0 Å². The zero-order valence-electron chi connectivity index (χ0n) is 18.3. The number of anilines is 1. The third-order valence-electron chi connectivity index (χ3n) is 5.22. The highest BCUT2D eigenvalue weighted by Crippen LogP contribution is 2.26. The Morgan fingerprint density at radius 1 is 1.03 bits per heavy atom. The lowest BCUT2D eigenvalue weighted by atomic mass is 10.2. The molecule has 0 radical (unpaired) electrons. The summed E-state index contributed by atoms with van der Waals surface area (Å²) >= 11 is 1.63. The number of fused-ring (bicyclic) bond motifs is 1. The van der Waals surface area contributed by atoms with Gasteiger partial charge in [-0.15, -0.1) is 11.3 Å². The number of aryl methyl sites for hydroxylation is 1. The maximum absolute atomic E-state index is 12.9. The Morgan fingerprint density at radius 3 is 2.53 bits per heavy atom. The molecule has 0 aliphatic carbocycles. The van der Waals surface area contributed by atoms with Gasteiger partial charge in [0, 0.05) is 18.3 Å². The molecule has 0 spiro atoms. The largest absolute Gasteiger partial charge is 0.494 e. The van der Waals surface area contributed by atoms with Crippen LogP contribution in [0, 0.1) is 0 Å². The van der Waals surface area contributed by atoms with Gasteiger partial charge in [-0.3, -0.25) is 4.79 Å². The second-order valence-electron chi connectivity index (χ2n) is 7.44. The van der Waals surface area contributed by atoms with Crippen LogP contribution < -0.4 is 20.1 Å². The minimum absolute atomic E-state index is 0.136. The quantitative estimate of drug-likeness (QED) is 0.332. The van der Waals surface area contributed by atoms with Crippen molar-refractivity contribution in [2.45, 2.75) is 13.0 Å². The number of aromatic nitrogens is 1. The summed E-state index contributed by atoms with van der Waals surface area (Å²) in [6, 6.07) is 19.2. The fourth-order valence-corrected chi connectivity index (χ4v) is 4.30. The fraction of sp³-hybridized carbons (Fsp3) is 0.240. The molecular formula is C25H27N3O3S. The SMILES string of the molecule is CNCCCOc1ccc(OCc2ccccc2NC(=O)c2cc3sccc3n2C)cc1. The van der Waals surface area contributed by atoms with Crippen molar-refractivity contribution in [3.05, 3.63) is 77.3 Å². The second kappa shape index (κ2) is 10.3. The Balaban J connectivity index is 1.37. The number of benzene rings is 2. The van der Waals surface area contributed by atoms with Crippen LogP contribution in [0.4, 0.5) is 5.69 Å². The maximum Gasteiger partial charge on any atom is 0.272 e. The Labute approximate surface area is 191 Å². The van der Waals surface area contributed by atoms with E-state index in [9.17, 15) is 4.79 Å². The van der Waals surface area contributed by atoms with Crippen molar-refractivity contribution >= 4 is 33.1 Å². The van der Waals surface area contributed by atoms with Crippen molar-refractivity contribution in [3.63, 3.8) is 0 Å². The maximum atomic E-state index is 12.9. The first kappa shape index (κ1) is 21.9. The summed E-state index contributed by atoms with van der Waals surface area (Å²) in [6.07, 6.45) is 0.957. The zero-order chi connectivity index (χ0) is 22.3. The molecule has 2 heterocycles. The molecule has 0 bridgehead atoms. The van der Waals surface area contributed by atoms with E-state index in [1.165, 1.54) is 0 Å². The first-order valence-electron chi connectivity index (χ1n) is 10.6. The average Bonchev–Trinajstić information content (AvgIpc) is 3.40. The number of hydrogen-bond acceptors (Lipinski definition) is 5. The van der Waals surface area contributed by atoms with Crippen molar-refractivity contribution in [1.29, 1.82) is 0 Å². The lowest BCUT2D eigenvalue weighted by molar-refractivity contribution is 0.101. The fourth-order valence-electron chi connectivity index (χ4n) is 3.45. The van der Waals surface area contributed by atoms with Crippen molar-refractivity contribution < 1.29 is 14.3 Å². The molecule has 0 saturated heterocycles. The Bertz CT molecular complexity index is 1180. The molecule has 4 rings (SSSR count). The molecule has 32 heavy (non-hydrogen) atoms.